The Morgan fingerprint density at radius 3 is 2.75 bits per heavy atom. The molecule has 5 nitrogen and oxygen atoms in total. The lowest BCUT2D eigenvalue weighted by Gasteiger charge is -2.07. The molecule has 0 bridgehead atoms. The Labute approximate surface area is 140 Å². The topological polar surface area (TPSA) is 49.6 Å². The number of hydrogen-bond acceptors (Lipinski definition) is 3. The van der Waals surface area contributed by atoms with Gasteiger partial charge in [-0.05, 0) is 56.3 Å². The van der Waals surface area contributed by atoms with Crippen LogP contribution in [0, 0.1) is 13.8 Å². The molecule has 2 aromatic heterocycles. The molecule has 1 aromatic carbocycles. The lowest BCUT2D eigenvalue weighted by molar-refractivity contribution is 0.102. The summed E-state index contributed by atoms with van der Waals surface area (Å²) in [4.78, 5) is 19.5. The molecule has 0 saturated heterocycles. The predicted octanol–water partition coefficient (Wildman–Crippen LogP) is 3.15. The van der Waals surface area contributed by atoms with Gasteiger partial charge in [0.2, 0.25) is 0 Å². The van der Waals surface area contributed by atoms with E-state index >= 15 is 0 Å². The smallest absolute Gasteiger partial charge is 0.259 e. The molecule has 0 aliphatic carbocycles. The lowest BCUT2D eigenvalue weighted by Crippen LogP contribution is -2.12. The summed E-state index contributed by atoms with van der Waals surface area (Å²) in [5.74, 6) is -0.124. The highest BCUT2D eigenvalue weighted by atomic mass is 16.1. The van der Waals surface area contributed by atoms with Gasteiger partial charge in [0.1, 0.15) is 5.65 Å². The van der Waals surface area contributed by atoms with Gasteiger partial charge in [0, 0.05) is 36.4 Å². The average Bonchev–Trinajstić information content (AvgIpc) is 3.09. The molecule has 1 N–H and O–H groups in total. The largest absolute Gasteiger partial charge is 0.322 e. The molecule has 3 heterocycles. The third-order valence-electron chi connectivity index (χ3n) is 4.53. The highest BCUT2D eigenvalue weighted by Crippen LogP contribution is 2.25. The van der Waals surface area contributed by atoms with Crippen LogP contribution in [0.4, 0.5) is 5.69 Å². The zero-order chi connectivity index (χ0) is 16.8. The van der Waals surface area contributed by atoms with Gasteiger partial charge in [0.15, 0.2) is 0 Å². The number of fused-ring (bicyclic) bond motifs is 2. The first-order chi connectivity index (χ1) is 11.5. The summed E-state index contributed by atoms with van der Waals surface area (Å²) < 4.78 is 1.94. The summed E-state index contributed by atoms with van der Waals surface area (Å²) in [5, 5.41) is 3.01. The molecule has 1 amide bonds. The number of amides is 1. The average molecular weight is 320 g/mol. The highest BCUT2D eigenvalue weighted by Gasteiger charge is 2.18. The summed E-state index contributed by atoms with van der Waals surface area (Å²) in [6.45, 7) is 5.85. The second-order valence-corrected chi connectivity index (χ2v) is 6.57. The number of benzene rings is 1. The number of carbonyl (C=O) groups is 1. The van der Waals surface area contributed by atoms with E-state index in [1.807, 2.05) is 42.6 Å². The van der Waals surface area contributed by atoms with Crippen LogP contribution in [0.3, 0.4) is 0 Å². The van der Waals surface area contributed by atoms with Crippen molar-refractivity contribution in [2.45, 2.75) is 26.9 Å². The summed E-state index contributed by atoms with van der Waals surface area (Å²) in [7, 11) is 2.10. The van der Waals surface area contributed by atoms with Crippen LogP contribution in [0.5, 0.6) is 0 Å². The zero-order valence-corrected chi connectivity index (χ0v) is 14.1. The summed E-state index contributed by atoms with van der Waals surface area (Å²) in [6, 6.07) is 9.97. The van der Waals surface area contributed by atoms with Gasteiger partial charge in [-0.25, -0.2) is 4.98 Å². The number of aromatic nitrogens is 2. The van der Waals surface area contributed by atoms with Gasteiger partial charge in [0.05, 0.1) is 5.56 Å². The van der Waals surface area contributed by atoms with Crippen molar-refractivity contribution in [2.24, 2.45) is 0 Å². The predicted molar refractivity (Wildman–Crippen MR) is 94.2 cm³/mol. The van der Waals surface area contributed by atoms with Crippen LogP contribution in [0.25, 0.3) is 5.65 Å². The Morgan fingerprint density at radius 1 is 1.12 bits per heavy atom. The molecule has 24 heavy (non-hydrogen) atoms. The van der Waals surface area contributed by atoms with Crippen molar-refractivity contribution < 1.29 is 4.79 Å². The van der Waals surface area contributed by atoms with E-state index in [1.165, 1.54) is 11.1 Å². The minimum atomic E-state index is -0.124. The van der Waals surface area contributed by atoms with Crippen LogP contribution in [0.2, 0.25) is 0 Å². The van der Waals surface area contributed by atoms with E-state index in [0.29, 0.717) is 11.2 Å². The zero-order valence-electron chi connectivity index (χ0n) is 14.1. The van der Waals surface area contributed by atoms with Crippen molar-refractivity contribution in [3.8, 4) is 0 Å². The van der Waals surface area contributed by atoms with Crippen LogP contribution < -0.4 is 5.32 Å². The van der Waals surface area contributed by atoms with E-state index in [9.17, 15) is 4.79 Å². The van der Waals surface area contributed by atoms with Gasteiger partial charge in [-0.15, -0.1) is 0 Å². The summed E-state index contributed by atoms with van der Waals surface area (Å²) in [6.07, 6.45) is 1.89. The fraction of sp³-hybridized carbons (Fsp3) is 0.263. The van der Waals surface area contributed by atoms with Crippen molar-refractivity contribution in [2.75, 3.05) is 12.4 Å². The van der Waals surface area contributed by atoms with E-state index in [0.717, 1.165) is 30.2 Å². The van der Waals surface area contributed by atoms with Crippen molar-refractivity contribution in [3.05, 3.63) is 64.6 Å². The van der Waals surface area contributed by atoms with Crippen molar-refractivity contribution >= 4 is 17.2 Å². The molecule has 3 aromatic rings. The van der Waals surface area contributed by atoms with E-state index < -0.39 is 0 Å². The molecule has 0 unspecified atom stereocenters. The van der Waals surface area contributed by atoms with Crippen LogP contribution in [0.15, 0.2) is 36.5 Å². The number of anilines is 1. The van der Waals surface area contributed by atoms with Gasteiger partial charge in [0.25, 0.3) is 5.91 Å². The first kappa shape index (κ1) is 14.9. The Morgan fingerprint density at radius 2 is 1.92 bits per heavy atom. The van der Waals surface area contributed by atoms with E-state index in [4.69, 9.17) is 0 Å². The van der Waals surface area contributed by atoms with Gasteiger partial charge < -0.3 is 9.72 Å². The molecule has 0 radical (unpaired) electrons. The summed E-state index contributed by atoms with van der Waals surface area (Å²) in [5.41, 5.74) is 6.72. The molecule has 0 atom stereocenters. The Bertz CT molecular complexity index is 957. The van der Waals surface area contributed by atoms with Crippen molar-refractivity contribution in [1.82, 2.24) is 14.3 Å². The maximum Gasteiger partial charge on any atom is 0.259 e. The molecular formula is C19H20N4O. The SMILES string of the molecule is Cc1cc(C)n2ccc(C(=O)Nc3ccc4c(c3)CN(C)C4)c2n1. The van der Waals surface area contributed by atoms with Crippen molar-refractivity contribution in [3.63, 3.8) is 0 Å². The quantitative estimate of drug-likeness (QED) is 0.789. The normalized spacial score (nSPS) is 14.1. The molecule has 5 heteroatoms. The molecule has 0 saturated carbocycles. The molecule has 122 valence electrons. The molecular weight excluding hydrogens is 300 g/mol. The van der Waals surface area contributed by atoms with Crippen LogP contribution in [-0.2, 0) is 13.1 Å². The molecule has 1 aliphatic heterocycles. The second-order valence-electron chi connectivity index (χ2n) is 6.57. The van der Waals surface area contributed by atoms with E-state index in [2.05, 4.69) is 34.4 Å². The third-order valence-corrected chi connectivity index (χ3v) is 4.53. The first-order valence-corrected chi connectivity index (χ1v) is 8.08. The minimum Gasteiger partial charge on any atom is -0.322 e. The van der Waals surface area contributed by atoms with Crippen molar-refractivity contribution in [1.29, 1.82) is 0 Å². The maximum atomic E-state index is 12.7. The lowest BCUT2D eigenvalue weighted by atomic mass is 10.1. The van der Waals surface area contributed by atoms with Gasteiger partial charge in [-0.3, -0.25) is 9.69 Å². The fourth-order valence-electron chi connectivity index (χ4n) is 3.41. The molecule has 1 aliphatic rings. The number of nitrogens with zero attached hydrogens (tertiary/aromatic N) is 3. The van der Waals surface area contributed by atoms with E-state index in [-0.39, 0.29) is 5.91 Å². The second kappa shape index (κ2) is 5.46. The summed E-state index contributed by atoms with van der Waals surface area (Å²) >= 11 is 0. The van der Waals surface area contributed by atoms with Crippen LogP contribution >= 0.6 is 0 Å². The Balaban J connectivity index is 1.65. The minimum absolute atomic E-state index is 0.124. The molecule has 0 fully saturated rings. The van der Waals surface area contributed by atoms with Gasteiger partial charge >= 0.3 is 0 Å². The van der Waals surface area contributed by atoms with Gasteiger partial charge in [-0.1, -0.05) is 6.07 Å². The Hall–Kier alpha value is -2.66. The van der Waals surface area contributed by atoms with Crippen LogP contribution in [0.1, 0.15) is 32.9 Å². The molecule has 4 rings (SSSR count). The number of aryl methyl sites for hydroxylation is 2. The monoisotopic (exact) mass is 320 g/mol. The van der Waals surface area contributed by atoms with Crippen LogP contribution in [-0.4, -0.2) is 27.2 Å². The number of nitrogens with one attached hydrogen (secondary N) is 1. The first-order valence-electron chi connectivity index (χ1n) is 8.08. The standard InChI is InChI=1S/C19H20N4O/c1-12-8-13(2)23-7-6-17(18(23)20-12)19(24)21-16-5-4-14-10-22(3)11-15(14)9-16/h4-9H,10-11H2,1-3H3,(H,21,24). The number of rotatable bonds is 2. The Kier molecular flexibility index (Phi) is 3.39. The molecule has 0 spiro atoms. The van der Waals surface area contributed by atoms with E-state index in [1.54, 1.807) is 0 Å². The highest BCUT2D eigenvalue weighted by molar-refractivity contribution is 6.08. The third kappa shape index (κ3) is 2.47. The number of hydrogen-bond donors (Lipinski definition) is 1. The maximum absolute atomic E-state index is 12.7. The van der Waals surface area contributed by atoms with Gasteiger partial charge in [-0.2, -0.15) is 0 Å². The fourth-order valence-corrected chi connectivity index (χ4v) is 3.41. The number of carbonyl (C=O) groups excluding carboxylic acids is 1.